The minimum Gasteiger partial charge on any atom is -0.294 e. The van der Waals surface area contributed by atoms with E-state index in [2.05, 4.69) is 29.4 Å². The molecule has 0 saturated heterocycles. The quantitative estimate of drug-likeness (QED) is 0.135. The third kappa shape index (κ3) is 14.6. The minimum absolute atomic E-state index is 0.775. The third-order valence-electron chi connectivity index (χ3n) is 33.3. The topological polar surface area (TPSA) is 19.4 Å². The second-order valence-corrected chi connectivity index (χ2v) is 38.2. The van der Waals surface area contributed by atoms with E-state index in [1.165, 1.54) is 385 Å². The van der Waals surface area contributed by atoms with Crippen molar-refractivity contribution in [1.29, 1.82) is 0 Å². The summed E-state index contributed by atoms with van der Waals surface area (Å²) in [6.45, 7) is 0. The summed E-state index contributed by atoms with van der Waals surface area (Å²) < 4.78 is 0. The van der Waals surface area contributed by atoms with Crippen LogP contribution in [0.15, 0.2) is 0 Å². The fraction of sp³-hybridized carbons (Fsp3) is 1.00. The molecule has 0 aliphatic heterocycles. The number of hydrogen-bond donors (Lipinski definition) is 0. The van der Waals surface area contributed by atoms with E-state index in [-0.39, 0.29) is 0 Å². The van der Waals surface area contributed by atoms with Crippen molar-refractivity contribution in [3.8, 4) is 0 Å². The molecule has 6 heteroatoms. The molecule has 16 aliphatic carbocycles. The molecule has 0 N–H and O–H groups in total. The van der Waals surface area contributed by atoms with Gasteiger partial charge in [-0.3, -0.25) is 29.4 Å². The van der Waals surface area contributed by atoms with Crippen LogP contribution in [0, 0.1) is 35.5 Å². The summed E-state index contributed by atoms with van der Waals surface area (Å²) in [5, 5.41) is 0. The maximum Gasteiger partial charge on any atom is 0.0162 e. The molecule has 16 aliphatic rings. The maximum absolute atomic E-state index is 3.74. The van der Waals surface area contributed by atoms with Crippen LogP contribution in [0.5, 0.6) is 0 Å². The molecule has 0 amide bonds. The maximum atomic E-state index is 3.74. The summed E-state index contributed by atoms with van der Waals surface area (Å²) in [6, 6.07) is 14.7. The van der Waals surface area contributed by atoms with Crippen LogP contribution in [-0.4, -0.2) is 138 Å². The first-order valence-electron chi connectivity index (χ1n) is 45.4. The molecule has 16 rings (SSSR count). The second kappa shape index (κ2) is 33.0. The highest BCUT2D eigenvalue weighted by molar-refractivity contribution is 5.22. The van der Waals surface area contributed by atoms with E-state index in [1.807, 2.05) is 0 Å². The van der Waals surface area contributed by atoms with Crippen LogP contribution in [0.25, 0.3) is 0 Å². The zero-order valence-corrected chi connectivity index (χ0v) is 61.8. The summed E-state index contributed by atoms with van der Waals surface area (Å²) in [5.74, 6) is 5.21. The molecule has 0 aromatic heterocycles. The normalized spacial score (nSPS) is 38.7. The van der Waals surface area contributed by atoms with Gasteiger partial charge in [0.2, 0.25) is 0 Å². The molecular formula is C88H152N6. The molecule has 534 valence electrons. The van der Waals surface area contributed by atoms with Gasteiger partial charge in [0.15, 0.2) is 0 Å². The Labute approximate surface area is 581 Å². The molecule has 16 saturated carbocycles. The number of nitrogens with zero attached hydrogens (tertiary/aromatic N) is 6. The van der Waals surface area contributed by atoms with Gasteiger partial charge in [0.25, 0.3) is 0 Å². The van der Waals surface area contributed by atoms with E-state index in [4.69, 9.17) is 0 Å². The Kier molecular flexibility index (Phi) is 24.0. The molecule has 94 heavy (non-hydrogen) atoms. The molecular weight excluding hydrogens is 1140 g/mol. The Bertz CT molecular complexity index is 1940. The predicted octanol–water partition coefficient (Wildman–Crippen LogP) is 22.3. The molecule has 0 aromatic rings. The Balaban J connectivity index is 0.967. The van der Waals surface area contributed by atoms with Gasteiger partial charge in [0, 0.05) is 109 Å². The van der Waals surface area contributed by atoms with Gasteiger partial charge >= 0.3 is 0 Å². The van der Waals surface area contributed by atoms with Crippen molar-refractivity contribution < 1.29 is 0 Å². The highest BCUT2D eigenvalue weighted by Crippen LogP contribution is 2.67. The van der Waals surface area contributed by atoms with E-state index in [0.717, 1.165) is 144 Å². The molecule has 6 nitrogen and oxygen atoms in total. The van der Waals surface area contributed by atoms with E-state index >= 15 is 0 Å². The van der Waals surface area contributed by atoms with E-state index in [1.54, 1.807) is 25.7 Å². The average molecular weight is 1290 g/mol. The molecule has 12 atom stereocenters. The summed E-state index contributed by atoms with van der Waals surface area (Å²) >= 11 is 0. The lowest BCUT2D eigenvalue weighted by Crippen LogP contribution is -2.78. The second-order valence-electron chi connectivity index (χ2n) is 38.2. The van der Waals surface area contributed by atoms with E-state index in [9.17, 15) is 0 Å². The molecule has 0 radical (unpaired) electrons. The summed E-state index contributed by atoms with van der Waals surface area (Å²) in [4.78, 5) is 22.4. The summed E-state index contributed by atoms with van der Waals surface area (Å²) in [5.41, 5.74) is 0. The van der Waals surface area contributed by atoms with Gasteiger partial charge in [0.05, 0.1) is 0 Å². The number of hydrogen-bond acceptors (Lipinski definition) is 6. The predicted molar refractivity (Wildman–Crippen MR) is 396 cm³/mol. The van der Waals surface area contributed by atoms with Gasteiger partial charge in [-0.05, 0) is 215 Å². The van der Waals surface area contributed by atoms with Crippen LogP contribution >= 0.6 is 0 Å². The van der Waals surface area contributed by atoms with Gasteiger partial charge in [0.1, 0.15) is 0 Å². The fourth-order valence-electron chi connectivity index (χ4n) is 29.9. The molecule has 0 heterocycles. The van der Waals surface area contributed by atoms with Crippen molar-refractivity contribution in [3.05, 3.63) is 0 Å². The smallest absolute Gasteiger partial charge is 0.0162 e. The van der Waals surface area contributed by atoms with Gasteiger partial charge in [-0.25, -0.2) is 0 Å². The number of rotatable bonds is 18. The third-order valence-corrected chi connectivity index (χ3v) is 33.3. The molecule has 0 aromatic carbocycles. The zero-order valence-electron chi connectivity index (χ0n) is 61.8. The minimum atomic E-state index is 0.775. The molecule has 0 spiro atoms. The summed E-state index contributed by atoms with van der Waals surface area (Å²) in [7, 11) is 0. The fourth-order valence-corrected chi connectivity index (χ4v) is 29.9. The van der Waals surface area contributed by atoms with Crippen molar-refractivity contribution in [2.24, 2.45) is 35.5 Å². The van der Waals surface area contributed by atoms with Crippen LogP contribution < -0.4 is 0 Å². The lowest BCUT2D eigenvalue weighted by atomic mass is 9.41. The van der Waals surface area contributed by atoms with Crippen LogP contribution in [-0.2, 0) is 0 Å². The first kappa shape index (κ1) is 68.2. The van der Waals surface area contributed by atoms with Gasteiger partial charge in [-0.1, -0.05) is 231 Å². The molecule has 16 fully saturated rings. The average Bonchev–Trinajstić information content (AvgIpc) is 0.685. The monoisotopic (exact) mass is 1290 g/mol. The van der Waals surface area contributed by atoms with Crippen molar-refractivity contribution >= 4 is 0 Å². The first-order valence-corrected chi connectivity index (χ1v) is 45.4. The summed E-state index contributed by atoms with van der Waals surface area (Å²) in [6.07, 6.45) is 97.7. The SMILES string of the molecule is C1CCC(N(C2CCCCC2)C2CC(N(C3CCCCC3)C3CCCCC3)C3C4C2CC(N(C2CCCCC2)C2CCCCC2)C2C4C(CC3N(C3CCCCC3)C3CCCCC3)C(N(C3CCCCC3)C3CCCCC3)CC2N(C2CCCCC2)C2CCCCC2)CC1. The van der Waals surface area contributed by atoms with E-state index in [0.29, 0.717) is 0 Å². The van der Waals surface area contributed by atoms with Gasteiger partial charge in [-0.2, -0.15) is 0 Å². The highest BCUT2D eigenvalue weighted by Gasteiger charge is 2.70. The lowest BCUT2D eigenvalue weighted by molar-refractivity contribution is -0.237. The van der Waals surface area contributed by atoms with Gasteiger partial charge < -0.3 is 0 Å². The van der Waals surface area contributed by atoms with Crippen LogP contribution in [0.4, 0.5) is 0 Å². The molecule has 0 bridgehead atoms. The van der Waals surface area contributed by atoms with Gasteiger partial charge in [-0.15, -0.1) is 0 Å². The Hall–Kier alpha value is -0.240. The van der Waals surface area contributed by atoms with Crippen molar-refractivity contribution in [2.45, 2.75) is 520 Å². The van der Waals surface area contributed by atoms with Crippen LogP contribution in [0.1, 0.15) is 411 Å². The Morgan fingerprint density at radius 1 is 0.117 bits per heavy atom. The van der Waals surface area contributed by atoms with Crippen LogP contribution in [0.2, 0.25) is 0 Å². The zero-order chi connectivity index (χ0) is 62.6. The largest absolute Gasteiger partial charge is 0.294 e. The highest BCUT2D eigenvalue weighted by atomic mass is 15.3. The lowest BCUT2D eigenvalue weighted by Gasteiger charge is -2.73. The standard InChI is InChI=1S/C88H152N6/c1-13-37-65(38-14-1)89(66-39-15-2-16-40-66)79-63-83(93(73-53-29-9-30-54-73)74-55-31-10-32-56-74)87-82(92(71-49-25-7-26-50-71)72-51-27-8-28-52-72)62-78-80(90(67-41-17-3-18-42-67)68-43-19-4-20-44-68)64-84(94(75-57-33-11-34-58-75)76-59-35-12-36-60-76)88-81(61-77(79)85(87)86(78)88)91(69-45-21-5-22-46-69)70-47-23-6-24-48-70/h65-88H,1-64H2. The van der Waals surface area contributed by atoms with E-state index < -0.39 is 0 Å². The van der Waals surface area contributed by atoms with Crippen molar-refractivity contribution in [2.75, 3.05) is 0 Å². The Morgan fingerprint density at radius 2 is 0.245 bits per heavy atom. The van der Waals surface area contributed by atoms with Crippen LogP contribution in [0.3, 0.4) is 0 Å². The van der Waals surface area contributed by atoms with Crippen molar-refractivity contribution in [3.63, 3.8) is 0 Å². The Morgan fingerprint density at radius 3 is 0.394 bits per heavy atom. The first-order chi connectivity index (χ1) is 46.7. The van der Waals surface area contributed by atoms with Crippen molar-refractivity contribution in [1.82, 2.24) is 29.4 Å². The molecule has 12 unspecified atom stereocenters.